The van der Waals surface area contributed by atoms with Gasteiger partial charge in [-0.25, -0.2) is 0 Å². The number of nitrogens with two attached hydrogens (primary N) is 1. The van der Waals surface area contributed by atoms with Crippen molar-refractivity contribution < 1.29 is 14.6 Å². The van der Waals surface area contributed by atoms with E-state index in [0.29, 0.717) is 37.6 Å². The highest BCUT2D eigenvalue weighted by Crippen LogP contribution is 2.31. The molecule has 0 radical (unpaired) electrons. The average Bonchev–Trinajstić information content (AvgIpc) is 2.77. The van der Waals surface area contributed by atoms with Crippen LogP contribution in [0.2, 0.25) is 0 Å². The van der Waals surface area contributed by atoms with Gasteiger partial charge in [0, 0.05) is 19.6 Å². The maximum atomic E-state index is 10.5. The molecule has 1 aromatic rings. The van der Waals surface area contributed by atoms with Crippen molar-refractivity contribution in [1.82, 2.24) is 0 Å². The number of rotatable bonds is 6. The maximum absolute atomic E-state index is 10.5. The zero-order valence-corrected chi connectivity index (χ0v) is 12.2. The molecule has 2 unspecified atom stereocenters. The lowest BCUT2D eigenvalue weighted by Crippen LogP contribution is -2.43. The molecular weight excluding hydrogens is 256 g/mol. The summed E-state index contributed by atoms with van der Waals surface area (Å²) in [5.41, 5.74) is 6.61. The minimum atomic E-state index is -0.841. The predicted octanol–water partition coefficient (Wildman–Crippen LogP) is 2.01. The van der Waals surface area contributed by atoms with Gasteiger partial charge in [-0.2, -0.15) is 0 Å². The van der Waals surface area contributed by atoms with Crippen molar-refractivity contribution in [1.29, 1.82) is 0 Å². The molecule has 0 amide bonds. The number of aliphatic hydroxyl groups is 1. The van der Waals surface area contributed by atoms with E-state index in [2.05, 4.69) is 12.2 Å². The van der Waals surface area contributed by atoms with Gasteiger partial charge in [0.05, 0.1) is 24.1 Å². The lowest BCUT2D eigenvalue weighted by molar-refractivity contribution is -0.0175. The van der Waals surface area contributed by atoms with Gasteiger partial charge in [0.2, 0.25) is 0 Å². The van der Waals surface area contributed by atoms with Gasteiger partial charge >= 0.3 is 0 Å². The van der Waals surface area contributed by atoms with Crippen LogP contribution in [0, 0.1) is 0 Å². The third-order valence-corrected chi connectivity index (χ3v) is 3.77. The number of hydrogen-bond acceptors (Lipinski definition) is 5. The number of nitrogens with one attached hydrogen (secondary N) is 1. The predicted molar refractivity (Wildman–Crippen MR) is 80.1 cm³/mol. The maximum Gasteiger partial charge on any atom is 0.144 e. The highest BCUT2D eigenvalue weighted by molar-refractivity contribution is 5.73. The Kier molecular flexibility index (Phi) is 4.73. The SMILES string of the molecule is CCCOc1cccc(NCC2(O)CCOC2C)c1N. The summed E-state index contributed by atoms with van der Waals surface area (Å²) >= 11 is 0. The Morgan fingerprint density at radius 1 is 1.55 bits per heavy atom. The average molecular weight is 280 g/mol. The molecule has 1 fully saturated rings. The largest absolute Gasteiger partial charge is 0.491 e. The van der Waals surface area contributed by atoms with E-state index in [1.165, 1.54) is 0 Å². The molecule has 20 heavy (non-hydrogen) atoms. The first kappa shape index (κ1) is 14.9. The van der Waals surface area contributed by atoms with Crippen LogP contribution in [0.5, 0.6) is 5.75 Å². The third kappa shape index (κ3) is 3.16. The van der Waals surface area contributed by atoms with Crippen molar-refractivity contribution >= 4 is 11.4 Å². The van der Waals surface area contributed by atoms with Gasteiger partial charge in [-0.3, -0.25) is 0 Å². The normalized spacial score (nSPS) is 25.6. The van der Waals surface area contributed by atoms with Crippen molar-refractivity contribution in [3.63, 3.8) is 0 Å². The summed E-state index contributed by atoms with van der Waals surface area (Å²) in [7, 11) is 0. The van der Waals surface area contributed by atoms with Gasteiger partial charge in [0.15, 0.2) is 0 Å². The molecule has 0 aromatic heterocycles. The number of anilines is 2. The van der Waals surface area contributed by atoms with E-state index < -0.39 is 5.60 Å². The van der Waals surface area contributed by atoms with Crippen LogP contribution in [0.25, 0.3) is 0 Å². The summed E-state index contributed by atoms with van der Waals surface area (Å²) in [5, 5.41) is 13.7. The van der Waals surface area contributed by atoms with Crippen LogP contribution in [-0.4, -0.2) is 36.6 Å². The quantitative estimate of drug-likeness (QED) is 0.695. The number of nitrogen functional groups attached to an aromatic ring is 1. The molecule has 1 saturated heterocycles. The fourth-order valence-corrected chi connectivity index (χ4v) is 2.29. The van der Waals surface area contributed by atoms with Crippen LogP contribution in [0.15, 0.2) is 18.2 Å². The van der Waals surface area contributed by atoms with Crippen molar-refractivity contribution in [3.05, 3.63) is 18.2 Å². The van der Waals surface area contributed by atoms with E-state index in [4.69, 9.17) is 15.2 Å². The number of hydrogen-bond donors (Lipinski definition) is 3. The van der Waals surface area contributed by atoms with Crippen LogP contribution in [0.1, 0.15) is 26.7 Å². The minimum Gasteiger partial charge on any atom is -0.491 e. The summed E-state index contributed by atoms with van der Waals surface area (Å²) in [5.74, 6) is 0.680. The van der Waals surface area contributed by atoms with Crippen molar-refractivity contribution in [3.8, 4) is 5.75 Å². The summed E-state index contributed by atoms with van der Waals surface area (Å²) in [6, 6.07) is 5.63. The zero-order valence-electron chi connectivity index (χ0n) is 12.2. The zero-order chi connectivity index (χ0) is 14.6. The van der Waals surface area contributed by atoms with Gasteiger partial charge < -0.3 is 25.6 Å². The molecule has 2 atom stereocenters. The van der Waals surface area contributed by atoms with Gasteiger partial charge in [-0.15, -0.1) is 0 Å². The van der Waals surface area contributed by atoms with Crippen molar-refractivity contribution in [2.24, 2.45) is 0 Å². The standard InChI is InChI=1S/C15H24N2O3/c1-3-8-20-13-6-4-5-12(14(13)16)17-10-15(18)7-9-19-11(15)2/h4-6,11,17-18H,3,7-10,16H2,1-2H3. The second kappa shape index (κ2) is 6.33. The topological polar surface area (TPSA) is 76.7 Å². The second-order valence-corrected chi connectivity index (χ2v) is 5.29. The number of para-hydroxylation sites is 1. The van der Waals surface area contributed by atoms with Gasteiger partial charge in [0.25, 0.3) is 0 Å². The van der Waals surface area contributed by atoms with Gasteiger partial charge in [-0.1, -0.05) is 13.0 Å². The molecule has 1 aliphatic heterocycles. The molecule has 0 bridgehead atoms. The summed E-state index contributed by atoms with van der Waals surface area (Å²) in [6.07, 6.45) is 1.40. The Bertz CT molecular complexity index is 453. The van der Waals surface area contributed by atoms with E-state index in [0.717, 1.165) is 12.1 Å². The number of ether oxygens (including phenoxy) is 2. The highest BCUT2D eigenvalue weighted by Gasteiger charge is 2.39. The molecule has 0 spiro atoms. The molecule has 1 heterocycles. The van der Waals surface area contributed by atoms with Crippen LogP contribution in [0.4, 0.5) is 11.4 Å². The number of benzene rings is 1. The van der Waals surface area contributed by atoms with Crippen LogP contribution >= 0.6 is 0 Å². The first-order valence-electron chi connectivity index (χ1n) is 7.16. The molecule has 112 valence electrons. The van der Waals surface area contributed by atoms with E-state index in [9.17, 15) is 5.11 Å². The Labute approximate surface area is 120 Å². The van der Waals surface area contributed by atoms with Crippen LogP contribution in [-0.2, 0) is 4.74 Å². The Morgan fingerprint density at radius 3 is 3.00 bits per heavy atom. The summed E-state index contributed by atoms with van der Waals surface area (Å²) < 4.78 is 11.0. The highest BCUT2D eigenvalue weighted by atomic mass is 16.5. The monoisotopic (exact) mass is 280 g/mol. The fourth-order valence-electron chi connectivity index (χ4n) is 2.29. The molecule has 0 aliphatic carbocycles. The van der Waals surface area contributed by atoms with Gasteiger partial charge in [0.1, 0.15) is 11.4 Å². The molecule has 1 aliphatic rings. The molecular formula is C15H24N2O3. The minimum absolute atomic E-state index is 0.171. The lowest BCUT2D eigenvalue weighted by Gasteiger charge is -2.27. The lowest BCUT2D eigenvalue weighted by atomic mass is 9.96. The van der Waals surface area contributed by atoms with Crippen LogP contribution in [0.3, 0.4) is 0 Å². The molecule has 5 heteroatoms. The van der Waals surface area contributed by atoms with E-state index in [1.807, 2.05) is 25.1 Å². The molecule has 5 nitrogen and oxygen atoms in total. The Hall–Kier alpha value is -1.46. The third-order valence-electron chi connectivity index (χ3n) is 3.77. The first-order chi connectivity index (χ1) is 9.57. The van der Waals surface area contributed by atoms with E-state index in [-0.39, 0.29) is 6.10 Å². The summed E-state index contributed by atoms with van der Waals surface area (Å²) in [6.45, 7) is 5.58. The van der Waals surface area contributed by atoms with Crippen LogP contribution < -0.4 is 15.8 Å². The molecule has 2 rings (SSSR count). The molecule has 4 N–H and O–H groups in total. The summed E-state index contributed by atoms with van der Waals surface area (Å²) in [4.78, 5) is 0. The second-order valence-electron chi connectivity index (χ2n) is 5.29. The smallest absolute Gasteiger partial charge is 0.144 e. The van der Waals surface area contributed by atoms with Gasteiger partial charge in [-0.05, 0) is 25.5 Å². The molecule has 1 aromatic carbocycles. The van der Waals surface area contributed by atoms with E-state index >= 15 is 0 Å². The Morgan fingerprint density at radius 2 is 2.35 bits per heavy atom. The molecule has 0 saturated carbocycles. The van der Waals surface area contributed by atoms with Crippen molar-refractivity contribution in [2.75, 3.05) is 30.8 Å². The Balaban J connectivity index is 2.02. The van der Waals surface area contributed by atoms with E-state index in [1.54, 1.807) is 0 Å². The fraction of sp³-hybridized carbons (Fsp3) is 0.600. The first-order valence-corrected chi connectivity index (χ1v) is 7.16. The van der Waals surface area contributed by atoms with Crippen molar-refractivity contribution in [2.45, 2.75) is 38.4 Å².